The second-order valence-corrected chi connectivity index (χ2v) is 12.7. The van der Waals surface area contributed by atoms with Crippen molar-refractivity contribution in [1.82, 2.24) is 0 Å². The predicted molar refractivity (Wildman–Crippen MR) is 200 cm³/mol. The van der Waals surface area contributed by atoms with Crippen LogP contribution in [0.3, 0.4) is 0 Å². The van der Waals surface area contributed by atoms with E-state index in [1.807, 2.05) is 25.2 Å². The lowest BCUT2D eigenvalue weighted by Gasteiger charge is -2.22. The van der Waals surface area contributed by atoms with E-state index in [4.69, 9.17) is 0 Å². The zero-order valence-electron chi connectivity index (χ0n) is 26.8. The molecule has 0 spiro atoms. The number of fused-ring (bicyclic) bond motifs is 2. The summed E-state index contributed by atoms with van der Waals surface area (Å²) in [5.74, 6) is 0. The van der Waals surface area contributed by atoms with E-state index < -0.39 is 0 Å². The van der Waals surface area contributed by atoms with Crippen molar-refractivity contribution in [3.05, 3.63) is 163 Å². The Morgan fingerprint density at radius 1 is 0.556 bits per heavy atom. The smallest absolute Gasteiger partial charge is 0.00264 e. The van der Waals surface area contributed by atoms with E-state index in [0.717, 1.165) is 16.7 Å². The van der Waals surface area contributed by atoms with Crippen LogP contribution in [0.1, 0.15) is 49.9 Å². The summed E-state index contributed by atoms with van der Waals surface area (Å²) in [5.41, 5.74) is 13.1. The molecule has 0 aliphatic heterocycles. The lowest BCUT2D eigenvalue weighted by molar-refractivity contribution is 0.590. The van der Waals surface area contributed by atoms with Gasteiger partial charge in [0.05, 0.1) is 0 Å². The third-order valence-electron chi connectivity index (χ3n) is 8.95. The summed E-state index contributed by atoms with van der Waals surface area (Å²) < 4.78 is 0. The van der Waals surface area contributed by atoms with Gasteiger partial charge in [0.25, 0.3) is 0 Å². The monoisotopic (exact) mass is 580 g/mol. The van der Waals surface area contributed by atoms with Crippen LogP contribution in [0.25, 0.3) is 72.7 Å². The minimum Gasteiger partial charge on any atom is -0.0985 e. The summed E-state index contributed by atoms with van der Waals surface area (Å²) in [7, 11) is 0. The molecule has 0 radical (unpaired) electrons. The second kappa shape index (κ2) is 12.1. The molecule has 0 aliphatic rings. The molecule has 6 aromatic rings. The Morgan fingerprint density at radius 3 is 1.56 bits per heavy atom. The molecule has 45 heavy (non-hydrogen) atoms. The largest absolute Gasteiger partial charge is 0.0985 e. The molecule has 0 amide bonds. The van der Waals surface area contributed by atoms with Gasteiger partial charge in [-0.1, -0.05) is 162 Å². The number of rotatable bonds is 7. The van der Waals surface area contributed by atoms with Gasteiger partial charge < -0.3 is 0 Å². The average Bonchev–Trinajstić information content (AvgIpc) is 3.07. The fourth-order valence-electron chi connectivity index (χ4n) is 6.50. The molecule has 220 valence electrons. The first kappa shape index (κ1) is 29.9. The number of hydrogen-bond donors (Lipinski definition) is 0. The third kappa shape index (κ3) is 5.49. The zero-order chi connectivity index (χ0) is 31.7. The molecule has 0 nitrogen and oxygen atoms in total. The summed E-state index contributed by atoms with van der Waals surface area (Å²) in [6.45, 7) is 21.3. The highest BCUT2D eigenvalue weighted by atomic mass is 14.2. The highest BCUT2D eigenvalue weighted by Crippen LogP contribution is 2.44. The summed E-state index contributed by atoms with van der Waals surface area (Å²) >= 11 is 0. The van der Waals surface area contributed by atoms with Crippen molar-refractivity contribution >= 4 is 39.3 Å². The quantitative estimate of drug-likeness (QED) is 0.165. The van der Waals surface area contributed by atoms with Crippen molar-refractivity contribution in [2.24, 2.45) is 0 Å². The van der Waals surface area contributed by atoms with Gasteiger partial charge in [0.15, 0.2) is 0 Å². The second-order valence-electron chi connectivity index (χ2n) is 12.7. The SMILES string of the molecule is C=C/C(=C\C)c1ccc(-c2ccc3cc(-c4c(C=C)c(C=C)c(-c5ccc(C(C)(C)C)cc5)c5ccccc45)ccc3c2)cc1. The Morgan fingerprint density at radius 2 is 1.04 bits per heavy atom. The first-order valence-corrected chi connectivity index (χ1v) is 15.7. The van der Waals surface area contributed by atoms with Crippen molar-refractivity contribution < 1.29 is 0 Å². The van der Waals surface area contributed by atoms with Crippen molar-refractivity contribution in [3.63, 3.8) is 0 Å². The first-order valence-electron chi connectivity index (χ1n) is 15.7. The molecule has 0 fully saturated rings. The van der Waals surface area contributed by atoms with Crippen LogP contribution in [0.15, 0.2) is 141 Å². The van der Waals surface area contributed by atoms with Gasteiger partial charge in [-0.3, -0.25) is 0 Å². The Balaban J connectivity index is 1.48. The number of benzene rings is 6. The molecule has 0 saturated carbocycles. The highest BCUT2D eigenvalue weighted by molar-refractivity contribution is 6.12. The van der Waals surface area contributed by atoms with E-state index in [2.05, 4.69) is 156 Å². The van der Waals surface area contributed by atoms with Crippen LogP contribution < -0.4 is 0 Å². The van der Waals surface area contributed by atoms with Crippen LogP contribution in [0, 0.1) is 0 Å². The molecule has 6 rings (SSSR count). The lowest BCUT2D eigenvalue weighted by Crippen LogP contribution is -2.10. The summed E-state index contributed by atoms with van der Waals surface area (Å²) in [6, 6.07) is 40.0. The maximum atomic E-state index is 4.29. The maximum Gasteiger partial charge on any atom is -0.00264 e. The van der Waals surface area contributed by atoms with Gasteiger partial charge in [-0.15, -0.1) is 0 Å². The molecule has 0 aromatic heterocycles. The zero-order valence-corrected chi connectivity index (χ0v) is 26.8. The molecular formula is C45H40. The van der Waals surface area contributed by atoms with Crippen LogP contribution in [0.4, 0.5) is 0 Å². The van der Waals surface area contributed by atoms with E-state index in [9.17, 15) is 0 Å². The molecule has 0 atom stereocenters. The van der Waals surface area contributed by atoms with E-state index in [1.165, 1.54) is 66.1 Å². The summed E-state index contributed by atoms with van der Waals surface area (Å²) in [4.78, 5) is 0. The first-order chi connectivity index (χ1) is 21.8. The summed E-state index contributed by atoms with van der Waals surface area (Å²) in [5, 5.41) is 4.85. The molecule has 0 bridgehead atoms. The predicted octanol–water partition coefficient (Wildman–Crippen LogP) is 13.2. The minimum atomic E-state index is 0.0984. The summed E-state index contributed by atoms with van der Waals surface area (Å²) in [6.07, 6.45) is 7.98. The lowest BCUT2D eigenvalue weighted by atomic mass is 9.82. The van der Waals surface area contributed by atoms with Gasteiger partial charge in [0, 0.05) is 0 Å². The highest BCUT2D eigenvalue weighted by Gasteiger charge is 2.20. The van der Waals surface area contributed by atoms with E-state index in [-0.39, 0.29) is 5.41 Å². The van der Waals surface area contributed by atoms with Crippen molar-refractivity contribution in [1.29, 1.82) is 0 Å². The van der Waals surface area contributed by atoms with Gasteiger partial charge in [0.2, 0.25) is 0 Å². The minimum absolute atomic E-state index is 0.0984. The van der Waals surface area contributed by atoms with Crippen LogP contribution in [-0.2, 0) is 5.41 Å². The third-order valence-corrected chi connectivity index (χ3v) is 8.95. The van der Waals surface area contributed by atoms with Crippen molar-refractivity contribution in [2.45, 2.75) is 33.1 Å². The number of allylic oxidation sites excluding steroid dienone is 3. The molecule has 0 aliphatic carbocycles. The van der Waals surface area contributed by atoms with Gasteiger partial charge in [-0.05, 0) is 107 Å². The fraction of sp³-hybridized carbons (Fsp3) is 0.111. The van der Waals surface area contributed by atoms with E-state index in [0.29, 0.717) is 0 Å². The van der Waals surface area contributed by atoms with Gasteiger partial charge >= 0.3 is 0 Å². The van der Waals surface area contributed by atoms with Crippen molar-refractivity contribution in [2.75, 3.05) is 0 Å². The Bertz CT molecular complexity index is 2110. The van der Waals surface area contributed by atoms with Gasteiger partial charge in [-0.2, -0.15) is 0 Å². The molecule has 0 heterocycles. The van der Waals surface area contributed by atoms with Gasteiger partial charge in [0.1, 0.15) is 0 Å². The van der Waals surface area contributed by atoms with Crippen LogP contribution >= 0.6 is 0 Å². The van der Waals surface area contributed by atoms with Gasteiger partial charge in [-0.25, -0.2) is 0 Å². The number of hydrogen-bond acceptors (Lipinski definition) is 0. The molecule has 6 aromatic carbocycles. The maximum absolute atomic E-state index is 4.29. The Kier molecular flexibility index (Phi) is 8.00. The van der Waals surface area contributed by atoms with E-state index >= 15 is 0 Å². The van der Waals surface area contributed by atoms with Crippen molar-refractivity contribution in [3.8, 4) is 33.4 Å². The Labute approximate surface area is 268 Å². The van der Waals surface area contributed by atoms with Crippen LogP contribution in [0.2, 0.25) is 0 Å². The van der Waals surface area contributed by atoms with Crippen LogP contribution in [0.5, 0.6) is 0 Å². The molecule has 0 saturated heterocycles. The fourth-order valence-corrected chi connectivity index (χ4v) is 6.50. The Hall–Kier alpha value is -5.20. The average molecular weight is 581 g/mol. The topological polar surface area (TPSA) is 0 Å². The standard InChI is InChI=1S/C45H40/c1-8-30(9-2)31-16-18-32(19-17-31)34-20-21-36-29-37(23-22-35(36)28-34)44-40(11-4)39(10-3)43(41-14-12-13-15-42(41)44)33-24-26-38(27-25-33)45(5,6)7/h8-29H,1,3-4H2,2,5-7H3/b30-9+. The van der Waals surface area contributed by atoms with E-state index in [1.54, 1.807) is 0 Å². The van der Waals surface area contributed by atoms with Crippen LogP contribution in [-0.4, -0.2) is 0 Å². The molecule has 0 unspecified atom stereocenters. The normalized spacial score (nSPS) is 12.0. The molecule has 0 heteroatoms. The molecule has 0 N–H and O–H groups in total. The molecular weight excluding hydrogens is 540 g/mol.